The van der Waals surface area contributed by atoms with E-state index in [-0.39, 0.29) is 0 Å². The first-order chi connectivity index (χ1) is 7.22. The van der Waals surface area contributed by atoms with Gasteiger partial charge in [0.2, 0.25) is 11.9 Å². The molecule has 0 saturated carbocycles. The Morgan fingerprint density at radius 3 is 2.67 bits per heavy atom. The molecule has 78 valence electrons. The molecular formula is C9H8F2N4. The van der Waals surface area contributed by atoms with Crippen LogP contribution in [0.1, 0.15) is 12.0 Å². The first-order valence-electron chi connectivity index (χ1n) is 4.23. The first-order valence-corrected chi connectivity index (χ1v) is 4.23. The maximum Gasteiger partial charge on any atom is 0.216 e. The summed E-state index contributed by atoms with van der Waals surface area (Å²) in [6.45, 7) is 0.322. The van der Waals surface area contributed by atoms with Crippen LogP contribution < -0.4 is 0 Å². The van der Waals surface area contributed by atoms with Gasteiger partial charge in [0.05, 0.1) is 0 Å². The van der Waals surface area contributed by atoms with E-state index in [1.165, 1.54) is 0 Å². The highest BCUT2D eigenvalue weighted by atomic mass is 19.1. The Hall–Kier alpha value is -1.94. The van der Waals surface area contributed by atoms with Crippen LogP contribution in [0.2, 0.25) is 0 Å². The molecule has 0 aliphatic carbocycles. The van der Waals surface area contributed by atoms with Crippen LogP contribution in [0, 0.1) is 11.9 Å². The molecule has 0 fully saturated rings. The Kier molecular flexibility index (Phi) is 4.25. The second-order valence-corrected chi connectivity index (χ2v) is 2.69. The monoisotopic (exact) mass is 210 g/mol. The number of hydrogen-bond acceptors (Lipinski definition) is 2. The zero-order chi connectivity index (χ0) is 11.1. The second-order valence-electron chi connectivity index (χ2n) is 2.69. The van der Waals surface area contributed by atoms with Gasteiger partial charge in [-0.2, -0.15) is 13.8 Å². The molecule has 0 aliphatic heterocycles. The van der Waals surface area contributed by atoms with E-state index in [1.54, 1.807) is 12.2 Å². The third-order valence-corrected chi connectivity index (χ3v) is 1.55. The van der Waals surface area contributed by atoms with Gasteiger partial charge in [-0.25, -0.2) is 0 Å². The topological polar surface area (TPSA) is 61.7 Å². The first kappa shape index (κ1) is 11.1. The van der Waals surface area contributed by atoms with Crippen LogP contribution >= 0.6 is 0 Å². The molecule has 0 spiro atoms. The number of nitrogens with zero attached hydrogens (tertiary/aromatic N) is 4. The van der Waals surface area contributed by atoms with Crippen molar-refractivity contribution >= 4 is 6.08 Å². The Balaban J connectivity index is 2.59. The van der Waals surface area contributed by atoms with Crippen molar-refractivity contribution in [1.82, 2.24) is 4.98 Å². The maximum absolute atomic E-state index is 12.6. The van der Waals surface area contributed by atoms with Crippen LogP contribution in [0.4, 0.5) is 8.78 Å². The lowest BCUT2D eigenvalue weighted by atomic mass is 10.2. The molecule has 0 unspecified atom stereocenters. The van der Waals surface area contributed by atoms with E-state index in [9.17, 15) is 8.78 Å². The van der Waals surface area contributed by atoms with E-state index < -0.39 is 11.9 Å². The predicted octanol–water partition coefficient (Wildman–Crippen LogP) is 3.07. The summed E-state index contributed by atoms with van der Waals surface area (Å²) in [5, 5.41) is 3.31. The van der Waals surface area contributed by atoms with Gasteiger partial charge < -0.3 is 0 Å². The molecule has 0 saturated heterocycles. The van der Waals surface area contributed by atoms with E-state index in [0.717, 1.165) is 12.1 Å². The molecule has 15 heavy (non-hydrogen) atoms. The lowest BCUT2D eigenvalue weighted by Crippen LogP contribution is -1.88. The fourth-order valence-corrected chi connectivity index (χ4v) is 0.976. The molecule has 1 heterocycles. The van der Waals surface area contributed by atoms with Crippen LogP contribution in [-0.4, -0.2) is 11.5 Å². The van der Waals surface area contributed by atoms with Gasteiger partial charge in [-0.15, -0.1) is 0 Å². The number of aromatic nitrogens is 1. The Morgan fingerprint density at radius 2 is 2.07 bits per heavy atom. The van der Waals surface area contributed by atoms with Crippen molar-refractivity contribution in [3.63, 3.8) is 0 Å². The van der Waals surface area contributed by atoms with Crippen LogP contribution in [-0.2, 0) is 0 Å². The summed E-state index contributed by atoms with van der Waals surface area (Å²) in [5.74, 6) is -1.71. The molecule has 0 amide bonds. The number of rotatable bonds is 4. The lowest BCUT2D eigenvalue weighted by molar-refractivity contribution is 0.512. The van der Waals surface area contributed by atoms with Crippen molar-refractivity contribution in [1.29, 1.82) is 0 Å². The molecular weight excluding hydrogens is 202 g/mol. The minimum Gasteiger partial charge on any atom is -0.191 e. The number of azide groups is 1. The highest BCUT2D eigenvalue weighted by Gasteiger charge is 1.98. The van der Waals surface area contributed by atoms with Gasteiger partial charge in [-0.05, 0) is 17.5 Å². The van der Waals surface area contributed by atoms with Crippen LogP contribution in [0.5, 0.6) is 0 Å². The van der Waals surface area contributed by atoms with Crippen molar-refractivity contribution in [2.75, 3.05) is 6.54 Å². The molecule has 1 aromatic rings. The number of pyridine rings is 1. The van der Waals surface area contributed by atoms with Crippen LogP contribution in [0.3, 0.4) is 0 Å². The molecule has 0 aliphatic rings. The van der Waals surface area contributed by atoms with Gasteiger partial charge >= 0.3 is 0 Å². The number of hydrogen-bond donors (Lipinski definition) is 0. The summed E-state index contributed by atoms with van der Waals surface area (Å²) in [4.78, 5) is 5.53. The van der Waals surface area contributed by atoms with E-state index in [0.29, 0.717) is 18.5 Å². The van der Waals surface area contributed by atoms with Crippen LogP contribution in [0.25, 0.3) is 16.5 Å². The fourth-order valence-electron chi connectivity index (χ4n) is 0.976. The van der Waals surface area contributed by atoms with E-state index in [1.807, 2.05) is 0 Å². The molecule has 0 radical (unpaired) electrons. The Morgan fingerprint density at radius 1 is 1.40 bits per heavy atom. The van der Waals surface area contributed by atoms with Gasteiger partial charge in [0.1, 0.15) is 0 Å². The zero-order valence-electron chi connectivity index (χ0n) is 7.77. The molecule has 1 aromatic heterocycles. The predicted molar refractivity (Wildman–Crippen MR) is 51.8 cm³/mol. The molecule has 0 N–H and O–H groups in total. The van der Waals surface area contributed by atoms with Crippen LogP contribution in [0.15, 0.2) is 23.3 Å². The SMILES string of the molecule is [N-]=[N+]=NCCC=Cc1cc(F)nc(F)c1. The van der Waals surface area contributed by atoms with Crippen molar-refractivity contribution < 1.29 is 8.78 Å². The van der Waals surface area contributed by atoms with Gasteiger partial charge in [0, 0.05) is 23.6 Å². The summed E-state index contributed by atoms with van der Waals surface area (Å²) >= 11 is 0. The lowest BCUT2D eigenvalue weighted by Gasteiger charge is -1.94. The normalized spacial score (nSPS) is 10.3. The van der Waals surface area contributed by atoms with Gasteiger partial charge in [0.15, 0.2) is 0 Å². The molecule has 6 heteroatoms. The highest BCUT2D eigenvalue weighted by Crippen LogP contribution is 2.06. The fraction of sp³-hybridized carbons (Fsp3) is 0.222. The van der Waals surface area contributed by atoms with E-state index in [4.69, 9.17) is 5.53 Å². The summed E-state index contributed by atoms with van der Waals surface area (Å²) in [7, 11) is 0. The van der Waals surface area contributed by atoms with Crippen molar-refractivity contribution in [3.8, 4) is 0 Å². The zero-order valence-corrected chi connectivity index (χ0v) is 7.77. The van der Waals surface area contributed by atoms with Gasteiger partial charge in [0.25, 0.3) is 0 Å². The minimum absolute atomic E-state index is 0.322. The molecule has 4 nitrogen and oxygen atoms in total. The van der Waals surface area contributed by atoms with Crippen molar-refractivity contribution in [2.24, 2.45) is 5.11 Å². The van der Waals surface area contributed by atoms with Gasteiger partial charge in [-0.1, -0.05) is 17.3 Å². The molecule has 1 rings (SSSR count). The second kappa shape index (κ2) is 5.72. The smallest absolute Gasteiger partial charge is 0.191 e. The standard InChI is InChI=1S/C9H8F2N4/c10-8-5-7(6-9(11)14-8)3-1-2-4-13-15-12/h1,3,5-6H,2,4H2. The molecule has 0 atom stereocenters. The summed E-state index contributed by atoms with van der Waals surface area (Å²) < 4.78 is 25.2. The van der Waals surface area contributed by atoms with E-state index in [2.05, 4.69) is 15.0 Å². The maximum atomic E-state index is 12.6. The minimum atomic E-state index is -0.857. The summed E-state index contributed by atoms with van der Waals surface area (Å²) in [6, 6.07) is 2.24. The van der Waals surface area contributed by atoms with Crippen molar-refractivity contribution in [3.05, 3.63) is 46.1 Å². The van der Waals surface area contributed by atoms with Crippen molar-refractivity contribution in [2.45, 2.75) is 6.42 Å². The average Bonchev–Trinajstić information content (AvgIpc) is 2.16. The molecule has 0 bridgehead atoms. The third kappa shape index (κ3) is 4.19. The number of halogens is 2. The van der Waals surface area contributed by atoms with E-state index >= 15 is 0 Å². The Bertz CT molecular complexity index is 390. The summed E-state index contributed by atoms with van der Waals surface area (Å²) in [6.07, 6.45) is 3.74. The van der Waals surface area contributed by atoms with Gasteiger partial charge in [-0.3, -0.25) is 0 Å². The highest BCUT2D eigenvalue weighted by molar-refractivity contribution is 5.48. The third-order valence-electron chi connectivity index (χ3n) is 1.55. The average molecular weight is 210 g/mol. The quantitative estimate of drug-likeness (QED) is 0.247. The molecule has 0 aromatic carbocycles. The Labute approximate surface area is 84.9 Å². The summed E-state index contributed by atoms with van der Waals surface area (Å²) in [5.41, 5.74) is 8.37. The largest absolute Gasteiger partial charge is 0.216 e.